The van der Waals surface area contributed by atoms with Crippen molar-refractivity contribution in [1.29, 1.82) is 5.26 Å². The first-order valence-corrected chi connectivity index (χ1v) is 9.35. The highest BCUT2D eigenvalue weighted by molar-refractivity contribution is 5.91. The van der Waals surface area contributed by atoms with E-state index < -0.39 is 0 Å². The first-order chi connectivity index (χ1) is 12.5. The molecule has 0 spiro atoms. The van der Waals surface area contributed by atoms with E-state index in [0.717, 1.165) is 12.3 Å². The van der Waals surface area contributed by atoms with Crippen molar-refractivity contribution in [2.24, 2.45) is 5.92 Å². The molecule has 26 heavy (non-hydrogen) atoms. The van der Waals surface area contributed by atoms with E-state index in [0.29, 0.717) is 22.8 Å². The van der Waals surface area contributed by atoms with Gasteiger partial charge in [-0.2, -0.15) is 5.26 Å². The van der Waals surface area contributed by atoms with Gasteiger partial charge in [-0.3, -0.25) is 0 Å². The van der Waals surface area contributed by atoms with E-state index in [2.05, 4.69) is 20.8 Å². The lowest BCUT2D eigenvalue weighted by Crippen LogP contribution is -2.09. The van der Waals surface area contributed by atoms with Gasteiger partial charge in [0.15, 0.2) is 0 Å². The van der Waals surface area contributed by atoms with Gasteiger partial charge in [-0.15, -0.1) is 0 Å². The second-order valence-electron chi connectivity index (χ2n) is 7.08. The molecule has 0 aromatic heterocycles. The fraction of sp³-hybridized carbons (Fsp3) is 0.391. The Morgan fingerprint density at radius 3 is 2.23 bits per heavy atom. The predicted octanol–water partition coefficient (Wildman–Crippen LogP) is 6.10. The minimum Gasteiger partial charge on any atom is -0.423 e. The molecule has 0 heterocycles. The first-order valence-electron chi connectivity index (χ1n) is 9.35. The average molecular weight is 349 g/mol. The van der Waals surface area contributed by atoms with Gasteiger partial charge < -0.3 is 4.74 Å². The second kappa shape index (κ2) is 9.77. The number of hydrogen-bond acceptors (Lipinski definition) is 3. The van der Waals surface area contributed by atoms with Crippen LogP contribution in [0.1, 0.15) is 73.9 Å². The summed E-state index contributed by atoms with van der Waals surface area (Å²) in [4.78, 5) is 12.3. The summed E-state index contributed by atoms with van der Waals surface area (Å²) >= 11 is 0. The van der Waals surface area contributed by atoms with Crippen LogP contribution in [-0.4, -0.2) is 5.97 Å². The molecule has 2 aromatic rings. The van der Waals surface area contributed by atoms with Crippen molar-refractivity contribution in [3.05, 3.63) is 65.2 Å². The number of benzene rings is 2. The lowest BCUT2D eigenvalue weighted by molar-refractivity contribution is 0.0734. The number of carbonyl (C=O) groups excluding carboxylic acids is 1. The van der Waals surface area contributed by atoms with Crippen LogP contribution in [0.2, 0.25) is 0 Å². The van der Waals surface area contributed by atoms with Crippen LogP contribution in [0.25, 0.3) is 0 Å². The highest BCUT2D eigenvalue weighted by atomic mass is 16.5. The zero-order valence-corrected chi connectivity index (χ0v) is 15.9. The number of rotatable bonds is 8. The highest BCUT2D eigenvalue weighted by Gasteiger charge is 2.13. The molecule has 0 aliphatic rings. The predicted molar refractivity (Wildman–Crippen MR) is 104 cm³/mol. The van der Waals surface area contributed by atoms with Crippen LogP contribution in [0.15, 0.2) is 48.5 Å². The van der Waals surface area contributed by atoms with Crippen molar-refractivity contribution in [1.82, 2.24) is 0 Å². The van der Waals surface area contributed by atoms with Crippen molar-refractivity contribution in [2.75, 3.05) is 0 Å². The third-order valence-electron chi connectivity index (χ3n) is 4.64. The van der Waals surface area contributed by atoms with E-state index in [1.54, 1.807) is 24.3 Å². The van der Waals surface area contributed by atoms with Crippen LogP contribution in [0.4, 0.5) is 0 Å². The van der Waals surface area contributed by atoms with Crippen molar-refractivity contribution in [3.8, 4) is 11.8 Å². The molecule has 1 atom stereocenters. The van der Waals surface area contributed by atoms with E-state index in [-0.39, 0.29) is 5.97 Å². The lowest BCUT2D eigenvalue weighted by Gasteiger charge is -2.16. The summed E-state index contributed by atoms with van der Waals surface area (Å²) in [6.07, 6.45) is 4.78. The number of carbonyl (C=O) groups is 1. The number of hydrogen-bond donors (Lipinski definition) is 0. The van der Waals surface area contributed by atoms with E-state index in [4.69, 9.17) is 10.00 Å². The van der Waals surface area contributed by atoms with E-state index in [1.807, 2.05) is 30.3 Å². The Kier molecular flexibility index (Phi) is 7.41. The van der Waals surface area contributed by atoms with E-state index >= 15 is 0 Å². The van der Waals surface area contributed by atoms with Crippen molar-refractivity contribution in [3.63, 3.8) is 0 Å². The van der Waals surface area contributed by atoms with Gasteiger partial charge in [-0.25, -0.2) is 4.79 Å². The molecule has 0 saturated heterocycles. The molecule has 0 bridgehead atoms. The van der Waals surface area contributed by atoms with Crippen molar-refractivity contribution in [2.45, 2.75) is 52.4 Å². The normalized spacial score (nSPS) is 11.8. The molecule has 0 aliphatic carbocycles. The number of esters is 1. The fourth-order valence-corrected chi connectivity index (χ4v) is 3.03. The maximum Gasteiger partial charge on any atom is 0.343 e. The molecule has 3 heteroatoms. The number of nitrogens with zero attached hydrogens (tertiary/aromatic N) is 1. The summed E-state index contributed by atoms with van der Waals surface area (Å²) in [6.45, 7) is 6.73. The minimum atomic E-state index is -0.380. The van der Waals surface area contributed by atoms with Crippen LogP contribution >= 0.6 is 0 Å². The van der Waals surface area contributed by atoms with Crippen LogP contribution in [0, 0.1) is 17.2 Å². The van der Waals surface area contributed by atoms with Crippen LogP contribution in [-0.2, 0) is 0 Å². The monoisotopic (exact) mass is 349 g/mol. The Morgan fingerprint density at radius 1 is 1.04 bits per heavy atom. The van der Waals surface area contributed by atoms with Gasteiger partial charge in [0.05, 0.1) is 17.2 Å². The quantitative estimate of drug-likeness (QED) is 0.427. The number of nitriles is 1. The molecule has 2 rings (SSSR count). The zero-order chi connectivity index (χ0) is 18.9. The van der Waals surface area contributed by atoms with Gasteiger partial charge in [0.2, 0.25) is 0 Å². The molecule has 3 nitrogen and oxygen atoms in total. The third kappa shape index (κ3) is 5.74. The second-order valence-corrected chi connectivity index (χ2v) is 7.08. The molecule has 0 amide bonds. The zero-order valence-electron chi connectivity index (χ0n) is 15.9. The van der Waals surface area contributed by atoms with Crippen molar-refractivity contribution >= 4 is 5.97 Å². The highest BCUT2D eigenvalue weighted by Crippen LogP contribution is 2.27. The SMILES string of the molecule is CCC(CCCC(C)C)c1ccc(C(=O)Oc2ccc(C#N)cc2)cc1. The average Bonchev–Trinajstić information content (AvgIpc) is 2.66. The van der Waals surface area contributed by atoms with Crippen molar-refractivity contribution < 1.29 is 9.53 Å². The standard InChI is InChI=1S/C23H27NO2/c1-4-19(7-5-6-17(2)3)20-10-12-21(13-11-20)23(25)26-22-14-8-18(16-24)9-15-22/h8-15,17,19H,4-7H2,1-3H3. The summed E-state index contributed by atoms with van der Waals surface area (Å²) in [5, 5.41) is 8.80. The fourth-order valence-electron chi connectivity index (χ4n) is 3.03. The molecule has 1 unspecified atom stereocenters. The minimum absolute atomic E-state index is 0.380. The van der Waals surface area contributed by atoms with Gasteiger partial charge in [0.1, 0.15) is 5.75 Å². The largest absolute Gasteiger partial charge is 0.423 e. The van der Waals surface area contributed by atoms with Gasteiger partial charge in [0.25, 0.3) is 0 Å². The molecule has 0 aliphatic heterocycles. The van der Waals surface area contributed by atoms with Crippen LogP contribution < -0.4 is 4.74 Å². The smallest absolute Gasteiger partial charge is 0.343 e. The first kappa shape index (κ1) is 19.7. The van der Waals surface area contributed by atoms with Gasteiger partial charge >= 0.3 is 5.97 Å². The number of ether oxygens (including phenoxy) is 1. The van der Waals surface area contributed by atoms with E-state index in [9.17, 15) is 4.79 Å². The summed E-state index contributed by atoms with van der Waals surface area (Å²) in [5.41, 5.74) is 2.36. The Morgan fingerprint density at radius 2 is 1.69 bits per heavy atom. The molecule has 0 N–H and O–H groups in total. The third-order valence-corrected chi connectivity index (χ3v) is 4.64. The Hall–Kier alpha value is -2.60. The molecule has 0 radical (unpaired) electrons. The molecular formula is C23H27NO2. The summed E-state index contributed by atoms with van der Waals surface area (Å²) in [6, 6.07) is 16.3. The summed E-state index contributed by atoms with van der Waals surface area (Å²) in [7, 11) is 0. The molecule has 0 saturated carbocycles. The molecular weight excluding hydrogens is 322 g/mol. The van der Waals surface area contributed by atoms with Gasteiger partial charge in [-0.1, -0.05) is 45.7 Å². The maximum atomic E-state index is 12.3. The Labute approximate surface area is 156 Å². The maximum absolute atomic E-state index is 12.3. The van der Waals surface area contributed by atoms with Gasteiger partial charge in [-0.05, 0) is 66.6 Å². The van der Waals surface area contributed by atoms with Gasteiger partial charge in [0, 0.05) is 0 Å². The Bertz CT molecular complexity index is 739. The summed E-state index contributed by atoms with van der Waals surface area (Å²) in [5.74, 6) is 1.34. The molecule has 2 aromatic carbocycles. The molecule has 0 fully saturated rings. The topological polar surface area (TPSA) is 50.1 Å². The van der Waals surface area contributed by atoms with E-state index in [1.165, 1.54) is 24.8 Å². The molecule has 136 valence electrons. The van der Waals surface area contributed by atoms with Crippen LogP contribution in [0.5, 0.6) is 5.75 Å². The Balaban J connectivity index is 1.98. The lowest BCUT2D eigenvalue weighted by atomic mass is 9.89. The summed E-state index contributed by atoms with van der Waals surface area (Å²) < 4.78 is 5.37. The van der Waals surface area contributed by atoms with Crippen LogP contribution in [0.3, 0.4) is 0 Å².